The molecule has 5 heteroatoms. The lowest BCUT2D eigenvalue weighted by molar-refractivity contribution is 0.165. The minimum absolute atomic E-state index is 0.255. The molecule has 1 aromatic carbocycles. The van der Waals surface area contributed by atoms with Crippen LogP contribution >= 0.6 is 0 Å². The average Bonchev–Trinajstić information content (AvgIpc) is 3.03. The van der Waals surface area contributed by atoms with Gasteiger partial charge >= 0.3 is 0 Å². The Morgan fingerprint density at radius 1 is 1.37 bits per heavy atom. The van der Waals surface area contributed by atoms with Crippen molar-refractivity contribution in [2.24, 2.45) is 7.05 Å². The Hall–Kier alpha value is -2.01. The number of hydrogen-bond acceptors (Lipinski definition) is 4. The lowest BCUT2D eigenvalue weighted by Crippen LogP contribution is -1.99. The summed E-state index contributed by atoms with van der Waals surface area (Å²) in [5.74, 6) is 1.45. The molecule has 2 aromatic rings. The third-order valence-corrected chi connectivity index (χ3v) is 3.25. The number of aliphatic hydroxyl groups is 1. The molecule has 1 aliphatic rings. The van der Waals surface area contributed by atoms with Crippen LogP contribution in [0.4, 0.5) is 0 Å². The van der Waals surface area contributed by atoms with Crippen molar-refractivity contribution in [1.29, 1.82) is 0 Å². The second-order valence-electron chi connectivity index (χ2n) is 4.69. The maximum absolute atomic E-state index is 10.2. The summed E-state index contributed by atoms with van der Waals surface area (Å²) in [7, 11) is 1.89. The van der Waals surface area contributed by atoms with Crippen molar-refractivity contribution in [2.75, 3.05) is 6.79 Å². The molecule has 0 amide bonds. The maximum Gasteiger partial charge on any atom is 0.231 e. The summed E-state index contributed by atoms with van der Waals surface area (Å²) < 4.78 is 12.3. The van der Waals surface area contributed by atoms with Gasteiger partial charge in [-0.15, -0.1) is 0 Å². The van der Waals surface area contributed by atoms with E-state index < -0.39 is 6.10 Å². The van der Waals surface area contributed by atoms with E-state index in [0.717, 1.165) is 23.3 Å². The molecule has 0 saturated heterocycles. The maximum atomic E-state index is 10.2. The first-order chi connectivity index (χ1) is 9.22. The number of fused-ring (bicyclic) bond motifs is 1. The fraction of sp³-hybridized carbons (Fsp3) is 0.357. The van der Waals surface area contributed by atoms with Crippen LogP contribution in [0.1, 0.15) is 23.7 Å². The molecule has 0 saturated carbocycles. The fourth-order valence-corrected chi connectivity index (χ4v) is 2.19. The monoisotopic (exact) mass is 260 g/mol. The third-order valence-electron chi connectivity index (χ3n) is 3.25. The van der Waals surface area contributed by atoms with Crippen LogP contribution in [0.5, 0.6) is 11.5 Å². The molecule has 1 aromatic heterocycles. The fourth-order valence-electron chi connectivity index (χ4n) is 2.19. The lowest BCUT2D eigenvalue weighted by Gasteiger charge is -2.10. The minimum atomic E-state index is -0.505. The summed E-state index contributed by atoms with van der Waals surface area (Å²) in [5, 5.41) is 14.3. The SMILES string of the molecule is Cn1cc(CCC(O)c2ccc3c(c2)OCO3)cn1. The van der Waals surface area contributed by atoms with E-state index in [4.69, 9.17) is 9.47 Å². The van der Waals surface area contributed by atoms with E-state index in [1.165, 1.54) is 0 Å². The highest BCUT2D eigenvalue weighted by Gasteiger charge is 2.16. The van der Waals surface area contributed by atoms with Gasteiger partial charge in [-0.3, -0.25) is 4.68 Å². The number of aryl methyl sites for hydroxylation is 2. The van der Waals surface area contributed by atoms with Gasteiger partial charge in [-0.2, -0.15) is 5.10 Å². The predicted molar refractivity (Wildman–Crippen MR) is 69.1 cm³/mol. The van der Waals surface area contributed by atoms with Crippen LogP contribution in [-0.4, -0.2) is 21.7 Å². The normalized spacial score (nSPS) is 14.6. The van der Waals surface area contributed by atoms with Gasteiger partial charge in [0.05, 0.1) is 12.3 Å². The van der Waals surface area contributed by atoms with Gasteiger partial charge < -0.3 is 14.6 Å². The van der Waals surface area contributed by atoms with Crippen molar-refractivity contribution in [3.63, 3.8) is 0 Å². The van der Waals surface area contributed by atoms with E-state index in [-0.39, 0.29) is 6.79 Å². The Kier molecular flexibility index (Phi) is 3.13. The van der Waals surface area contributed by atoms with Crippen molar-refractivity contribution < 1.29 is 14.6 Å². The van der Waals surface area contributed by atoms with Gasteiger partial charge in [-0.05, 0) is 36.1 Å². The molecule has 2 heterocycles. The van der Waals surface area contributed by atoms with Crippen molar-refractivity contribution >= 4 is 0 Å². The van der Waals surface area contributed by atoms with E-state index in [2.05, 4.69) is 5.10 Å². The Bertz CT molecular complexity index is 580. The molecule has 0 radical (unpaired) electrons. The number of hydrogen-bond donors (Lipinski definition) is 1. The van der Waals surface area contributed by atoms with E-state index in [0.29, 0.717) is 12.2 Å². The first kappa shape index (κ1) is 12.0. The van der Waals surface area contributed by atoms with Crippen molar-refractivity contribution in [1.82, 2.24) is 9.78 Å². The molecule has 100 valence electrons. The molecule has 19 heavy (non-hydrogen) atoms. The molecular formula is C14H16N2O3. The van der Waals surface area contributed by atoms with Crippen molar-refractivity contribution in [3.05, 3.63) is 41.7 Å². The first-order valence-electron chi connectivity index (χ1n) is 6.27. The van der Waals surface area contributed by atoms with Crippen LogP contribution in [0.3, 0.4) is 0 Å². The van der Waals surface area contributed by atoms with E-state index in [9.17, 15) is 5.11 Å². The molecule has 3 rings (SSSR count). The molecule has 1 unspecified atom stereocenters. The summed E-state index contributed by atoms with van der Waals surface area (Å²) >= 11 is 0. The van der Waals surface area contributed by atoms with Gasteiger partial charge in [0.1, 0.15) is 0 Å². The topological polar surface area (TPSA) is 56.5 Å². The molecule has 1 atom stereocenters. The first-order valence-corrected chi connectivity index (χ1v) is 6.27. The lowest BCUT2D eigenvalue weighted by atomic mass is 10.0. The Labute approximate surface area is 111 Å². The summed E-state index contributed by atoms with van der Waals surface area (Å²) in [6.45, 7) is 0.255. The van der Waals surface area contributed by atoms with Crippen LogP contribution in [0, 0.1) is 0 Å². The van der Waals surface area contributed by atoms with E-state index >= 15 is 0 Å². The van der Waals surface area contributed by atoms with Gasteiger partial charge in [0.15, 0.2) is 11.5 Å². The van der Waals surface area contributed by atoms with Crippen LogP contribution in [-0.2, 0) is 13.5 Å². The van der Waals surface area contributed by atoms with E-state index in [1.54, 1.807) is 4.68 Å². The molecule has 0 aliphatic carbocycles. The van der Waals surface area contributed by atoms with Crippen LogP contribution < -0.4 is 9.47 Å². The van der Waals surface area contributed by atoms with Gasteiger partial charge in [-0.25, -0.2) is 0 Å². The van der Waals surface area contributed by atoms with Crippen LogP contribution in [0.15, 0.2) is 30.6 Å². The summed E-state index contributed by atoms with van der Waals surface area (Å²) in [6, 6.07) is 5.56. The number of aromatic nitrogens is 2. The third kappa shape index (κ3) is 2.56. The highest BCUT2D eigenvalue weighted by Crippen LogP contribution is 2.34. The zero-order valence-corrected chi connectivity index (χ0v) is 10.7. The molecule has 0 fully saturated rings. The summed E-state index contributed by atoms with van der Waals surface area (Å²) in [6.07, 6.45) is 4.74. The standard InChI is InChI=1S/C14H16N2O3/c1-16-8-10(7-15-16)2-4-12(17)11-3-5-13-14(6-11)19-9-18-13/h3,5-8,12,17H,2,4,9H2,1H3. The molecule has 1 aliphatic heterocycles. The second-order valence-corrected chi connectivity index (χ2v) is 4.69. The van der Waals surface area contributed by atoms with Crippen molar-refractivity contribution in [3.8, 4) is 11.5 Å². The molecule has 5 nitrogen and oxygen atoms in total. The van der Waals surface area contributed by atoms with Gasteiger partial charge in [-0.1, -0.05) is 6.07 Å². The Morgan fingerprint density at radius 3 is 3.00 bits per heavy atom. The zero-order chi connectivity index (χ0) is 13.2. The number of rotatable bonds is 4. The van der Waals surface area contributed by atoms with Gasteiger partial charge in [0.25, 0.3) is 0 Å². The average molecular weight is 260 g/mol. The second kappa shape index (κ2) is 4.93. The number of benzene rings is 1. The molecular weight excluding hydrogens is 244 g/mol. The van der Waals surface area contributed by atoms with Crippen LogP contribution in [0.2, 0.25) is 0 Å². The Morgan fingerprint density at radius 2 is 2.21 bits per heavy atom. The smallest absolute Gasteiger partial charge is 0.231 e. The molecule has 0 spiro atoms. The van der Waals surface area contributed by atoms with Crippen LogP contribution in [0.25, 0.3) is 0 Å². The highest BCUT2D eigenvalue weighted by molar-refractivity contribution is 5.45. The molecule has 1 N–H and O–H groups in total. The largest absolute Gasteiger partial charge is 0.454 e. The number of aliphatic hydroxyl groups excluding tert-OH is 1. The quantitative estimate of drug-likeness (QED) is 0.911. The van der Waals surface area contributed by atoms with Crippen molar-refractivity contribution in [2.45, 2.75) is 18.9 Å². The van der Waals surface area contributed by atoms with Gasteiger partial charge in [0.2, 0.25) is 6.79 Å². The predicted octanol–water partition coefficient (Wildman–Crippen LogP) is 1.81. The Balaban J connectivity index is 1.65. The van der Waals surface area contributed by atoms with Gasteiger partial charge in [0, 0.05) is 13.2 Å². The number of ether oxygens (including phenoxy) is 2. The minimum Gasteiger partial charge on any atom is -0.454 e. The highest BCUT2D eigenvalue weighted by atomic mass is 16.7. The molecule has 0 bridgehead atoms. The number of nitrogens with zero attached hydrogens (tertiary/aromatic N) is 2. The van der Waals surface area contributed by atoms with E-state index in [1.807, 2.05) is 37.6 Å². The summed E-state index contributed by atoms with van der Waals surface area (Å²) in [4.78, 5) is 0. The zero-order valence-electron chi connectivity index (χ0n) is 10.7. The summed E-state index contributed by atoms with van der Waals surface area (Å²) in [5.41, 5.74) is 1.98.